The molecule has 1 N–H and O–H groups in total. The fourth-order valence-electron chi connectivity index (χ4n) is 3.91. The van der Waals surface area contributed by atoms with E-state index in [1.165, 1.54) is 11.3 Å². The smallest absolute Gasteiger partial charge is 0.287 e. The van der Waals surface area contributed by atoms with E-state index in [0.29, 0.717) is 30.1 Å². The number of nitrogens with one attached hydrogen (secondary N) is 1. The number of carbonyl (C=O) groups excluding carboxylic acids is 2. The van der Waals surface area contributed by atoms with E-state index in [1.54, 1.807) is 16.7 Å². The highest BCUT2D eigenvalue weighted by molar-refractivity contribution is 8.00. The highest BCUT2D eigenvalue weighted by Gasteiger charge is 2.23. The highest BCUT2D eigenvalue weighted by atomic mass is 32.2. The van der Waals surface area contributed by atoms with Gasteiger partial charge in [-0.05, 0) is 37.1 Å². The van der Waals surface area contributed by atoms with Crippen molar-refractivity contribution >= 4 is 51.6 Å². The van der Waals surface area contributed by atoms with Crippen molar-refractivity contribution in [2.24, 2.45) is 0 Å². The number of nitrogens with zero attached hydrogens (tertiary/aromatic N) is 3. The molecular formula is C24H22N4O3S2. The highest BCUT2D eigenvalue weighted by Crippen LogP contribution is 2.33. The van der Waals surface area contributed by atoms with Crippen LogP contribution in [0.2, 0.25) is 0 Å². The molecule has 0 radical (unpaired) electrons. The Labute approximate surface area is 199 Å². The minimum atomic E-state index is -0.266. The molecule has 0 bridgehead atoms. The molecule has 1 aliphatic rings. The molecular weight excluding hydrogens is 456 g/mol. The third-order valence-corrected chi connectivity index (χ3v) is 7.50. The standard InChI is InChI=1S/C24H22N4O3S2/c1-15-26-27-24(33-15)32-14-19-18-8-2-3-9-20(18)31-22(19)23(30)25-13-16-6-4-7-17(12-16)28-11-5-10-21(28)29/h2-4,6-9,12H,5,10-11,13-14H2,1H3,(H,25,30). The first-order valence-electron chi connectivity index (χ1n) is 10.7. The molecule has 1 aliphatic heterocycles. The average molecular weight is 479 g/mol. The summed E-state index contributed by atoms with van der Waals surface area (Å²) in [5.74, 6) is 0.751. The van der Waals surface area contributed by atoms with Crippen molar-refractivity contribution < 1.29 is 14.0 Å². The van der Waals surface area contributed by atoms with Gasteiger partial charge in [-0.2, -0.15) is 0 Å². The van der Waals surface area contributed by atoms with Crippen LogP contribution in [0.1, 0.15) is 39.5 Å². The molecule has 1 saturated heterocycles. The van der Waals surface area contributed by atoms with E-state index < -0.39 is 0 Å². The molecule has 2 aromatic carbocycles. The van der Waals surface area contributed by atoms with Crippen LogP contribution in [0, 0.1) is 6.92 Å². The summed E-state index contributed by atoms with van der Waals surface area (Å²) < 4.78 is 6.81. The molecule has 0 spiro atoms. The minimum Gasteiger partial charge on any atom is -0.451 e. The summed E-state index contributed by atoms with van der Waals surface area (Å²) in [6, 6.07) is 15.4. The van der Waals surface area contributed by atoms with Crippen molar-refractivity contribution in [3.05, 3.63) is 70.4 Å². The lowest BCUT2D eigenvalue weighted by Crippen LogP contribution is -2.25. The number of furan rings is 1. The minimum absolute atomic E-state index is 0.145. The number of carbonyl (C=O) groups is 2. The summed E-state index contributed by atoms with van der Waals surface area (Å²) in [4.78, 5) is 27.0. The molecule has 0 unspecified atom stereocenters. The summed E-state index contributed by atoms with van der Waals surface area (Å²) in [5.41, 5.74) is 3.33. The van der Waals surface area contributed by atoms with Crippen molar-refractivity contribution in [2.75, 3.05) is 11.4 Å². The quantitative estimate of drug-likeness (QED) is 0.379. The molecule has 2 amide bonds. The Morgan fingerprint density at radius 3 is 2.88 bits per heavy atom. The van der Waals surface area contributed by atoms with E-state index in [-0.39, 0.29) is 11.8 Å². The Bertz CT molecular complexity index is 1330. The van der Waals surface area contributed by atoms with Gasteiger partial charge in [-0.25, -0.2) is 0 Å². The lowest BCUT2D eigenvalue weighted by molar-refractivity contribution is -0.117. The lowest BCUT2D eigenvalue weighted by Gasteiger charge is -2.16. The van der Waals surface area contributed by atoms with Gasteiger partial charge in [0.15, 0.2) is 10.1 Å². The van der Waals surface area contributed by atoms with E-state index in [2.05, 4.69) is 15.5 Å². The number of aromatic nitrogens is 2. The largest absolute Gasteiger partial charge is 0.451 e. The van der Waals surface area contributed by atoms with Crippen LogP contribution in [0.5, 0.6) is 0 Å². The van der Waals surface area contributed by atoms with Crippen molar-refractivity contribution in [1.29, 1.82) is 0 Å². The Balaban J connectivity index is 1.33. The summed E-state index contributed by atoms with van der Waals surface area (Å²) in [7, 11) is 0. The van der Waals surface area contributed by atoms with Crippen molar-refractivity contribution in [1.82, 2.24) is 15.5 Å². The number of rotatable bonds is 7. The van der Waals surface area contributed by atoms with E-state index in [9.17, 15) is 9.59 Å². The van der Waals surface area contributed by atoms with E-state index >= 15 is 0 Å². The molecule has 2 aromatic heterocycles. The van der Waals surface area contributed by atoms with Crippen LogP contribution in [-0.2, 0) is 17.1 Å². The monoisotopic (exact) mass is 478 g/mol. The normalized spacial score (nSPS) is 13.7. The van der Waals surface area contributed by atoms with Crippen molar-refractivity contribution in [3.63, 3.8) is 0 Å². The molecule has 9 heteroatoms. The summed E-state index contributed by atoms with van der Waals surface area (Å²) >= 11 is 3.07. The van der Waals surface area contributed by atoms with Crippen LogP contribution in [0.3, 0.4) is 0 Å². The van der Waals surface area contributed by atoms with Crippen LogP contribution in [0.15, 0.2) is 57.3 Å². The summed E-state index contributed by atoms with van der Waals surface area (Å²) in [6.07, 6.45) is 1.47. The third kappa shape index (κ3) is 4.65. The predicted molar refractivity (Wildman–Crippen MR) is 130 cm³/mol. The number of amides is 2. The fraction of sp³-hybridized carbons (Fsp3) is 0.250. The SMILES string of the molecule is Cc1nnc(SCc2c(C(=O)NCc3cccc(N4CCCC4=O)c3)oc3ccccc23)s1. The van der Waals surface area contributed by atoms with Gasteiger partial charge in [0.25, 0.3) is 5.91 Å². The summed E-state index contributed by atoms with van der Waals surface area (Å²) in [6.45, 7) is 3.00. The van der Waals surface area contributed by atoms with E-state index in [0.717, 1.165) is 44.5 Å². The Morgan fingerprint density at radius 2 is 2.09 bits per heavy atom. The molecule has 0 aliphatic carbocycles. The molecule has 0 atom stereocenters. The molecule has 4 aromatic rings. The van der Waals surface area contributed by atoms with Crippen LogP contribution in [0.25, 0.3) is 11.0 Å². The van der Waals surface area contributed by atoms with Gasteiger partial charge < -0.3 is 14.6 Å². The Morgan fingerprint density at radius 1 is 1.21 bits per heavy atom. The summed E-state index contributed by atoms with van der Waals surface area (Å²) in [5, 5.41) is 13.0. The zero-order chi connectivity index (χ0) is 22.8. The lowest BCUT2D eigenvalue weighted by atomic mass is 10.1. The Hall–Kier alpha value is -3.17. The number of anilines is 1. The second-order valence-corrected chi connectivity index (χ2v) is 10.2. The fourth-order valence-corrected chi connectivity index (χ4v) is 5.76. The molecule has 0 saturated carbocycles. The second kappa shape index (κ2) is 9.36. The molecule has 1 fully saturated rings. The molecule has 3 heterocycles. The maximum Gasteiger partial charge on any atom is 0.287 e. The number of benzene rings is 2. The van der Waals surface area contributed by atoms with Gasteiger partial charge in [0.2, 0.25) is 5.91 Å². The second-order valence-electron chi connectivity index (χ2n) is 7.78. The first-order valence-corrected chi connectivity index (χ1v) is 12.5. The topological polar surface area (TPSA) is 88.3 Å². The molecule has 5 rings (SSSR count). The van der Waals surface area contributed by atoms with E-state index in [1.807, 2.05) is 55.5 Å². The predicted octanol–water partition coefficient (Wildman–Crippen LogP) is 4.94. The number of aryl methyl sites for hydroxylation is 1. The number of thioether (sulfide) groups is 1. The van der Waals surface area contributed by atoms with Gasteiger partial charge in [0.05, 0.1) is 0 Å². The zero-order valence-corrected chi connectivity index (χ0v) is 19.7. The van der Waals surface area contributed by atoms with Gasteiger partial charge in [-0.3, -0.25) is 9.59 Å². The van der Waals surface area contributed by atoms with Gasteiger partial charge in [-0.1, -0.05) is 53.4 Å². The number of fused-ring (bicyclic) bond motifs is 1. The zero-order valence-electron chi connectivity index (χ0n) is 18.0. The van der Waals surface area contributed by atoms with Crippen LogP contribution >= 0.6 is 23.1 Å². The van der Waals surface area contributed by atoms with Crippen LogP contribution < -0.4 is 10.2 Å². The first kappa shape index (κ1) is 21.7. The van der Waals surface area contributed by atoms with Crippen LogP contribution in [0.4, 0.5) is 5.69 Å². The first-order chi connectivity index (χ1) is 16.1. The van der Waals surface area contributed by atoms with Crippen LogP contribution in [-0.4, -0.2) is 28.6 Å². The van der Waals surface area contributed by atoms with Gasteiger partial charge >= 0.3 is 0 Å². The van der Waals surface area contributed by atoms with Crippen molar-refractivity contribution in [3.8, 4) is 0 Å². The maximum atomic E-state index is 13.1. The Kier molecular flexibility index (Phi) is 6.15. The van der Waals surface area contributed by atoms with Gasteiger partial charge in [0.1, 0.15) is 10.6 Å². The number of para-hydroxylation sites is 1. The molecule has 7 nitrogen and oxygen atoms in total. The third-order valence-electron chi connectivity index (χ3n) is 5.50. The van der Waals surface area contributed by atoms with Gasteiger partial charge in [-0.15, -0.1) is 10.2 Å². The van der Waals surface area contributed by atoms with Gasteiger partial charge in [0, 0.05) is 41.9 Å². The van der Waals surface area contributed by atoms with E-state index in [4.69, 9.17) is 4.42 Å². The average Bonchev–Trinajstić information content (AvgIpc) is 3.54. The maximum absolute atomic E-state index is 13.1. The number of hydrogen-bond donors (Lipinski definition) is 1. The van der Waals surface area contributed by atoms with Crippen molar-refractivity contribution in [2.45, 2.75) is 36.4 Å². The molecule has 168 valence electrons. The number of hydrogen-bond acceptors (Lipinski definition) is 7. The molecule has 33 heavy (non-hydrogen) atoms.